The quantitative estimate of drug-likeness (QED) is 0.772. The maximum atomic E-state index is 12.5. The summed E-state index contributed by atoms with van der Waals surface area (Å²) in [6.07, 6.45) is 4.21. The molecule has 4 nitrogen and oxygen atoms in total. The number of benzene rings is 1. The number of methoxy groups -OCH3 is 1. The molecular weight excluding hydrogens is 228 g/mol. The fourth-order valence-corrected chi connectivity index (χ4v) is 2.58. The second-order valence-electron chi connectivity index (χ2n) is 4.65. The van der Waals surface area contributed by atoms with Crippen LogP contribution in [0.15, 0.2) is 23.0 Å². The van der Waals surface area contributed by atoms with Gasteiger partial charge in [-0.15, -0.1) is 0 Å². The van der Waals surface area contributed by atoms with Gasteiger partial charge in [0.05, 0.1) is 12.5 Å². The van der Waals surface area contributed by atoms with E-state index in [0.717, 1.165) is 38.1 Å². The summed E-state index contributed by atoms with van der Waals surface area (Å²) in [4.78, 5) is 17.1. The van der Waals surface area contributed by atoms with Crippen LogP contribution in [0.25, 0.3) is 10.9 Å². The molecule has 1 aliphatic heterocycles. The van der Waals surface area contributed by atoms with E-state index in [1.165, 1.54) is 0 Å². The summed E-state index contributed by atoms with van der Waals surface area (Å²) in [6.45, 7) is 0.786. The van der Waals surface area contributed by atoms with E-state index < -0.39 is 0 Å². The Labute approximate surface area is 105 Å². The Hall–Kier alpha value is -1.84. The number of fused-ring (bicyclic) bond motifs is 2. The molecule has 3 rings (SSSR count). The van der Waals surface area contributed by atoms with Gasteiger partial charge in [-0.25, -0.2) is 4.98 Å². The van der Waals surface area contributed by atoms with Crippen LogP contribution in [0.2, 0.25) is 0 Å². The summed E-state index contributed by atoms with van der Waals surface area (Å²) < 4.78 is 7.12. The molecule has 0 atom stereocenters. The van der Waals surface area contributed by atoms with Gasteiger partial charge in [-0.1, -0.05) is 12.5 Å². The molecule has 0 radical (unpaired) electrons. The van der Waals surface area contributed by atoms with Crippen LogP contribution in [-0.2, 0) is 13.0 Å². The molecule has 0 bridgehead atoms. The summed E-state index contributed by atoms with van der Waals surface area (Å²) in [5.41, 5.74) is 0.758. The van der Waals surface area contributed by atoms with Crippen LogP contribution in [0, 0.1) is 0 Å². The third kappa shape index (κ3) is 1.68. The molecule has 1 aliphatic rings. The van der Waals surface area contributed by atoms with Gasteiger partial charge in [-0.05, 0) is 25.0 Å². The standard InChI is InChI=1S/C14H16N2O2/c1-18-11-7-5-6-10-13(11)15-12-8-3-2-4-9-16(12)14(10)17/h5-7H,2-4,8-9H2,1H3. The first-order chi connectivity index (χ1) is 8.81. The second-order valence-corrected chi connectivity index (χ2v) is 4.65. The number of nitrogens with zero attached hydrogens (tertiary/aromatic N) is 2. The number of aryl methyl sites for hydroxylation is 1. The number of hydrogen-bond donors (Lipinski definition) is 0. The van der Waals surface area contributed by atoms with Crippen LogP contribution in [-0.4, -0.2) is 16.7 Å². The van der Waals surface area contributed by atoms with E-state index in [4.69, 9.17) is 4.74 Å². The Bertz CT molecular complexity index is 646. The summed E-state index contributed by atoms with van der Waals surface area (Å²) in [5, 5.41) is 0.653. The first kappa shape index (κ1) is 11.3. The van der Waals surface area contributed by atoms with Crippen molar-refractivity contribution in [1.29, 1.82) is 0 Å². The third-order valence-corrected chi connectivity index (χ3v) is 3.53. The number of hydrogen-bond acceptors (Lipinski definition) is 3. The van der Waals surface area contributed by atoms with Crippen molar-refractivity contribution in [2.75, 3.05) is 7.11 Å². The van der Waals surface area contributed by atoms with Gasteiger partial charge in [0.15, 0.2) is 0 Å². The highest BCUT2D eigenvalue weighted by molar-refractivity contribution is 5.83. The van der Waals surface area contributed by atoms with Gasteiger partial charge >= 0.3 is 0 Å². The molecule has 0 saturated carbocycles. The lowest BCUT2D eigenvalue weighted by molar-refractivity contribution is 0.418. The highest BCUT2D eigenvalue weighted by Crippen LogP contribution is 2.22. The molecule has 0 amide bonds. The summed E-state index contributed by atoms with van der Waals surface area (Å²) in [7, 11) is 1.61. The summed E-state index contributed by atoms with van der Waals surface area (Å²) in [5.74, 6) is 1.58. The van der Waals surface area contributed by atoms with E-state index in [2.05, 4.69) is 4.98 Å². The molecule has 0 aliphatic carbocycles. The van der Waals surface area contributed by atoms with Crippen LogP contribution >= 0.6 is 0 Å². The second kappa shape index (κ2) is 4.44. The molecule has 0 N–H and O–H groups in total. The molecule has 94 valence electrons. The Morgan fingerprint density at radius 3 is 3.00 bits per heavy atom. The van der Waals surface area contributed by atoms with Gasteiger partial charge in [0.1, 0.15) is 17.1 Å². The van der Waals surface area contributed by atoms with Gasteiger partial charge in [0, 0.05) is 13.0 Å². The summed E-state index contributed by atoms with van der Waals surface area (Å²) in [6, 6.07) is 5.52. The van der Waals surface area contributed by atoms with Crippen molar-refractivity contribution in [3.8, 4) is 5.75 Å². The SMILES string of the molecule is COc1cccc2c(=O)n3c(nc12)CCCCC3. The predicted octanol–water partition coefficient (Wildman–Crippen LogP) is 2.13. The van der Waals surface area contributed by atoms with Crippen molar-refractivity contribution in [2.45, 2.75) is 32.2 Å². The third-order valence-electron chi connectivity index (χ3n) is 3.53. The Morgan fingerprint density at radius 1 is 1.28 bits per heavy atom. The Morgan fingerprint density at radius 2 is 2.17 bits per heavy atom. The van der Waals surface area contributed by atoms with Crippen molar-refractivity contribution in [1.82, 2.24) is 9.55 Å². The molecule has 18 heavy (non-hydrogen) atoms. The maximum Gasteiger partial charge on any atom is 0.261 e. The zero-order valence-electron chi connectivity index (χ0n) is 10.5. The maximum absolute atomic E-state index is 12.5. The first-order valence-electron chi connectivity index (χ1n) is 6.37. The lowest BCUT2D eigenvalue weighted by atomic mass is 10.2. The van der Waals surface area contributed by atoms with Crippen molar-refractivity contribution in [2.24, 2.45) is 0 Å². The van der Waals surface area contributed by atoms with E-state index in [9.17, 15) is 4.79 Å². The van der Waals surface area contributed by atoms with Crippen LogP contribution in [0.1, 0.15) is 25.1 Å². The highest BCUT2D eigenvalue weighted by atomic mass is 16.5. The number of rotatable bonds is 1. The minimum Gasteiger partial charge on any atom is -0.494 e. The van der Waals surface area contributed by atoms with E-state index in [1.807, 2.05) is 22.8 Å². The molecule has 0 fully saturated rings. The molecule has 1 aromatic heterocycles. The van der Waals surface area contributed by atoms with Crippen LogP contribution in [0.5, 0.6) is 5.75 Å². The Kier molecular flexibility index (Phi) is 2.78. The number of aromatic nitrogens is 2. The monoisotopic (exact) mass is 244 g/mol. The molecule has 2 aromatic rings. The lowest BCUT2D eigenvalue weighted by Gasteiger charge is -2.11. The lowest BCUT2D eigenvalue weighted by Crippen LogP contribution is -2.24. The van der Waals surface area contributed by atoms with Crippen molar-refractivity contribution in [3.63, 3.8) is 0 Å². The molecular formula is C14H16N2O2. The van der Waals surface area contributed by atoms with Gasteiger partial charge in [-0.2, -0.15) is 0 Å². The Balaban J connectivity index is 2.34. The van der Waals surface area contributed by atoms with Crippen LogP contribution in [0.4, 0.5) is 0 Å². The molecule has 0 spiro atoms. The molecule has 2 heterocycles. The van der Waals surface area contributed by atoms with Crippen LogP contribution < -0.4 is 10.3 Å². The summed E-state index contributed by atoms with van der Waals surface area (Å²) >= 11 is 0. The molecule has 1 aromatic carbocycles. The van der Waals surface area contributed by atoms with E-state index in [-0.39, 0.29) is 5.56 Å². The topological polar surface area (TPSA) is 44.1 Å². The molecule has 0 unspecified atom stereocenters. The normalized spacial score (nSPS) is 15.2. The van der Waals surface area contributed by atoms with Gasteiger partial charge in [0.2, 0.25) is 0 Å². The molecule has 0 saturated heterocycles. The minimum atomic E-state index is 0.0656. The predicted molar refractivity (Wildman–Crippen MR) is 70.1 cm³/mol. The van der Waals surface area contributed by atoms with Crippen molar-refractivity contribution in [3.05, 3.63) is 34.4 Å². The fourth-order valence-electron chi connectivity index (χ4n) is 2.58. The fraction of sp³-hybridized carbons (Fsp3) is 0.429. The smallest absolute Gasteiger partial charge is 0.261 e. The highest BCUT2D eigenvalue weighted by Gasteiger charge is 2.15. The average Bonchev–Trinajstić information content (AvgIpc) is 2.64. The largest absolute Gasteiger partial charge is 0.494 e. The molecule has 4 heteroatoms. The zero-order valence-corrected chi connectivity index (χ0v) is 10.5. The van der Waals surface area contributed by atoms with E-state index >= 15 is 0 Å². The number of para-hydroxylation sites is 1. The van der Waals surface area contributed by atoms with Gasteiger partial charge in [0.25, 0.3) is 5.56 Å². The zero-order chi connectivity index (χ0) is 12.5. The minimum absolute atomic E-state index is 0.0656. The first-order valence-corrected chi connectivity index (χ1v) is 6.37. The van der Waals surface area contributed by atoms with Gasteiger partial charge in [-0.3, -0.25) is 9.36 Å². The van der Waals surface area contributed by atoms with Gasteiger partial charge < -0.3 is 4.74 Å². The van der Waals surface area contributed by atoms with Crippen molar-refractivity contribution < 1.29 is 4.74 Å². The van der Waals surface area contributed by atoms with Crippen LogP contribution in [0.3, 0.4) is 0 Å². The number of ether oxygens (including phenoxy) is 1. The average molecular weight is 244 g/mol. The van der Waals surface area contributed by atoms with Crippen molar-refractivity contribution >= 4 is 10.9 Å². The van der Waals surface area contributed by atoms with E-state index in [0.29, 0.717) is 16.7 Å². The van der Waals surface area contributed by atoms with E-state index in [1.54, 1.807) is 7.11 Å².